The van der Waals surface area contributed by atoms with E-state index in [1.807, 2.05) is 36.7 Å². The molecular weight excluding hydrogens is 364 g/mol. The summed E-state index contributed by atoms with van der Waals surface area (Å²) in [7, 11) is 0. The first-order chi connectivity index (χ1) is 14.4. The number of nitrogens with zero attached hydrogens (tertiary/aromatic N) is 8. The molecular formula is C21H20N8. The lowest BCUT2D eigenvalue weighted by Gasteiger charge is -2.20. The standard InChI is InChI=1S/C21H20N8/c1-2-16(15-23-7-1)14-20-27-26-19-6-11-28(12-13-29(19)20)21-24-10-5-18(25-21)17-3-8-22-9-4-17/h1-5,7-10,15H,6,11-14H2. The highest BCUT2D eigenvalue weighted by molar-refractivity contribution is 5.59. The number of rotatable bonds is 4. The van der Waals surface area contributed by atoms with E-state index in [4.69, 9.17) is 4.98 Å². The van der Waals surface area contributed by atoms with Crippen molar-refractivity contribution >= 4 is 5.95 Å². The number of aromatic nitrogens is 7. The molecule has 0 fully saturated rings. The second kappa shape index (κ2) is 7.75. The Kier molecular flexibility index (Phi) is 4.65. The Morgan fingerprint density at radius 1 is 0.862 bits per heavy atom. The van der Waals surface area contributed by atoms with Gasteiger partial charge in [-0.15, -0.1) is 10.2 Å². The van der Waals surface area contributed by atoms with Crippen LogP contribution >= 0.6 is 0 Å². The summed E-state index contributed by atoms with van der Waals surface area (Å²) >= 11 is 0. The van der Waals surface area contributed by atoms with Crippen LogP contribution in [0.3, 0.4) is 0 Å². The maximum atomic E-state index is 4.78. The second-order valence-electron chi connectivity index (χ2n) is 6.94. The predicted octanol–water partition coefficient (Wildman–Crippen LogP) is 2.18. The van der Waals surface area contributed by atoms with Gasteiger partial charge in [0.05, 0.1) is 5.69 Å². The van der Waals surface area contributed by atoms with Crippen molar-refractivity contribution in [3.63, 3.8) is 0 Å². The molecule has 29 heavy (non-hydrogen) atoms. The second-order valence-corrected chi connectivity index (χ2v) is 6.94. The van der Waals surface area contributed by atoms with Gasteiger partial charge in [-0.2, -0.15) is 0 Å². The zero-order chi connectivity index (χ0) is 19.5. The largest absolute Gasteiger partial charge is 0.339 e. The molecule has 0 bridgehead atoms. The molecule has 8 heteroatoms. The van der Waals surface area contributed by atoms with Crippen molar-refractivity contribution in [2.24, 2.45) is 0 Å². The van der Waals surface area contributed by atoms with Gasteiger partial charge in [-0.3, -0.25) is 9.97 Å². The maximum absolute atomic E-state index is 4.78. The minimum atomic E-state index is 0.731. The summed E-state index contributed by atoms with van der Waals surface area (Å²) in [6.45, 7) is 2.43. The Morgan fingerprint density at radius 2 is 1.79 bits per heavy atom. The van der Waals surface area contributed by atoms with Crippen molar-refractivity contribution in [1.29, 1.82) is 0 Å². The summed E-state index contributed by atoms with van der Waals surface area (Å²) in [4.78, 5) is 19.8. The van der Waals surface area contributed by atoms with Crippen molar-refractivity contribution in [1.82, 2.24) is 34.7 Å². The van der Waals surface area contributed by atoms with Crippen LogP contribution in [-0.2, 0) is 19.4 Å². The first-order valence-electron chi connectivity index (χ1n) is 9.65. The summed E-state index contributed by atoms with van der Waals surface area (Å²) in [6.07, 6.45) is 10.6. The first-order valence-corrected chi connectivity index (χ1v) is 9.65. The monoisotopic (exact) mass is 384 g/mol. The molecule has 0 spiro atoms. The fourth-order valence-corrected chi connectivity index (χ4v) is 3.58. The Bertz CT molecular complexity index is 1090. The van der Waals surface area contributed by atoms with Crippen LogP contribution in [0.25, 0.3) is 11.3 Å². The summed E-state index contributed by atoms with van der Waals surface area (Å²) < 4.78 is 2.22. The highest BCUT2D eigenvalue weighted by Gasteiger charge is 2.20. The number of hydrogen-bond acceptors (Lipinski definition) is 7. The molecule has 144 valence electrons. The van der Waals surface area contributed by atoms with Crippen molar-refractivity contribution in [2.75, 3.05) is 18.0 Å². The summed E-state index contributed by atoms with van der Waals surface area (Å²) in [5, 5.41) is 8.84. The van der Waals surface area contributed by atoms with E-state index in [1.54, 1.807) is 18.6 Å². The van der Waals surface area contributed by atoms with Gasteiger partial charge in [0.15, 0.2) is 0 Å². The van der Waals surface area contributed by atoms with Crippen LogP contribution in [0.2, 0.25) is 0 Å². The number of anilines is 1. The topological polar surface area (TPSA) is 85.5 Å². The SMILES string of the molecule is c1cncc(Cc2nnc3n2CCN(c2nccc(-c4ccncc4)n2)CC3)c1. The molecule has 4 aromatic rings. The molecule has 0 saturated carbocycles. The van der Waals surface area contributed by atoms with E-state index in [1.165, 1.54) is 0 Å². The third-order valence-corrected chi connectivity index (χ3v) is 5.09. The summed E-state index contributed by atoms with van der Waals surface area (Å²) in [6, 6.07) is 9.86. The molecule has 0 radical (unpaired) electrons. The van der Waals surface area contributed by atoms with Gasteiger partial charge in [0.1, 0.15) is 11.6 Å². The molecule has 0 N–H and O–H groups in total. The number of hydrogen-bond donors (Lipinski definition) is 0. The average molecular weight is 384 g/mol. The summed E-state index contributed by atoms with van der Waals surface area (Å²) in [5.41, 5.74) is 3.07. The van der Waals surface area contributed by atoms with Crippen LogP contribution in [0.15, 0.2) is 61.3 Å². The summed E-state index contributed by atoms with van der Waals surface area (Å²) in [5.74, 6) is 2.73. The van der Waals surface area contributed by atoms with Crippen LogP contribution < -0.4 is 4.90 Å². The molecule has 0 saturated heterocycles. The van der Waals surface area contributed by atoms with Gasteiger partial charge in [0, 0.05) is 69.0 Å². The van der Waals surface area contributed by atoms with Gasteiger partial charge >= 0.3 is 0 Å². The molecule has 0 unspecified atom stereocenters. The Morgan fingerprint density at radius 3 is 2.66 bits per heavy atom. The van der Waals surface area contributed by atoms with Gasteiger partial charge in [-0.25, -0.2) is 9.97 Å². The quantitative estimate of drug-likeness (QED) is 0.533. The minimum absolute atomic E-state index is 0.731. The smallest absolute Gasteiger partial charge is 0.225 e. The molecule has 0 atom stereocenters. The lowest BCUT2D eigenvalue weighted by atomic mass is 10.2. The van der Waals surface area contributed by atoms with Gasteiger partial charge in [0.25, 0.3) is 0 Å². The van der Waals surface area contributed by atoms with Gasteiger partial charge in [-0.1, -0.05) is 6.07 Å². The molecule has 4 aromatic heterocycles. The maximum Gasteiger partial charge on any atom is 0.225 e. The van der Waals surface area contributed by atoms with Gasteiger partial charge in [0.2, 0.25) is 5.95 Å². The van der Waals surface area contributed by atoms with E-state index in [-0.39, 0.29) is 0 Å². The molecule has 0 aliphatic carbocycles. The molecule has 1 aliphatic rings. The van der Waals surface area contributed by atoms with Crippen molar-refractivity contribution in [3.05, 3.63) is 78.5 Å². The predicted molar refractivity (Wildman–Crippen MR) is 108 cm³/mol. The van der Waals surface area contributed by atoms with E-state index in [2.05, 4.69) is 40.7 Å². The van der Waals surface area contributed by atoms with Gasteiger partial charge < -0.3 is 9.47 Å². The molecule has 0 aromatic carbocycles. The molecule has 8 nitrogen and oxygen atoms in total. The number of fused-ring (bicyclic) bond motifs is 1. The number of pyridine rings is 2. The third kappa shape index (κ3) is 3.69. The van der Waals surface area contributed by atoms with Crippen molar-refractivity contribution in [3.8, 4) is 11.3 Å². The van der Waals surface area contributed by atoms with Crippen molar-refractivity contribution in [2.45, 2.75) is 19.4 Å². The first kappa shape index (κ1) is 17.4. The molecule has 5 rings (SSSR count). The van der Waals surface area contributed by atoms with Crippen LogP contribution in [-0.4, -0.2) is 47.8 Å². The Labute approximate surface area is 168 Å². The van der Waals surface area contributed by atoms with E-state index in [9.17, 15) is 0 Å². The molecule has 5 heterocycles. The van der Waals surface area contributed by atoms with E-state index in [0.717, 1.165) is 66.9 Å². The van der Waals surface area contributed by atoms with E-state index >= 15 is 0 Å². The van der Waals surface area contributed by atoms with Crippen LogP contribution in [0.4, 0.5) is 5.95 Å². The zero-order valence-electron chi connectivity index (χ0n) is 15.9. The fraction of sp³-hybridized carbons (Fsp3) is 0.238. The normalized spacial score (nSPS) is 13.7. The lowest BCUT2D eigenvalue weighted by molar-refractivity contribution is 0.651. The average Bonchev–Trinajstić information content (AvgIpc) is 3.03. The molecule has 0 amide bonds. The van der Waals surface area contributed by atoms with Crippen molar-refractivity contribution < 1.29 is 0 Å². The van der Waals surface area contributed by atoms with E-state index in [0.29, 0.717) is 0 Å². The Balaban J connectivity index is 1.35. The third-order valence-electron chi connectivity index (χ3n) is 5.09. The minimum Gasteiger partial charge on any atom is -0.339 e. The highest BCUT2D eigenvalue weighted by atomic mass is 15.3. The molecule has 1 aliphatic heterocycles. The lowest BCUT2D eigenvalue weighted by Crippen LogP contribution is -2.28. The van der Waals surface area contributed by atoms with E-state index < -0.39 is 0 Å². The van der Waals surface area contributed by atoms with Gasteiger partial charge in [-0.05, 0) is 29.8 Å². The van der Waals surface area contributed by atoms with Crippen LogP contribution in [0.1, 0.15) is 17.2 Å². The van der Waals surface area contributed by atoms with Crippen LogP contribution in [0, 0.1) is 0 Å². The van der Waals surface area contributed by atoms with Crippen LogP contribution in [0.5, 0.6) is 0 Å². The highest BCUT2D eigenvalue weighted by Crippen LogP contribution is 2.20. The zero-order valence-corrected chi connectivity index (χ0v) is 15.9. The fourth-order valence-electron chi connectivity index (χ4n) is 3.58. The Hall–Kier alpha value is -3.68.